The topological polar surface area (TPSA) is 92.8 Å². The Morgan fingerprint density at radius 1 is 1.33 bits per heavy atom. The third-order valence-electron chi connectivity index (χ3n) is 2.12. The van der Waals surface area contributed by atoms with Crippen LogP contribution in [0.1, 0.15) is 11.7 Å². The average Bonchev–Trinajstić information content (AvgIpc) is 2.46. The van der Waals surface area contributed by atoms with Crippen LogP contribution in [0.25, 0.3) is 0 Å². The summed E-state index contributed by atoms with van der Waals surface area (Å²) in [6, 6.07) is 6.04. The number of hydrogen-bond acceptors (Lipinski definition) is 5. The fraction of sp³-hybridized carbons (Fsp3) is 0.100. The maximum Gasteiger partial charge on any atom is 0.247 e. The highest BCUT2D eigenvalue weighted by atomic mass is 16.5. The summed E-state index contributed by atoms with van der Waals surface area (Å²) in [5.41, 5.74) is 5.71. The Bertz CT molecular complexity index is 452. The summed E-state index contributed by atoms with van der Waals surface area (Å²) in [5.74, 6) is -1.43. The molecule has 1 aromatic carbocycles. The summed E-state index contributed by atoms with van der Waals surface area (Å²) in [6.07, 6.45) is -0.961. The summed E-state index contributed by atoms with van der Waals surface area (Å²) in [6.45, 7) is 0. The van der Waals surface area contributed by atoms with Gasteiger partial charge in [0.05, 0.1) is 0 Å². The largest absolute Gasteiger partial charge is 0.508 e. The third kappa shape index (κ3) is 1.48. The van der Waals surface area contributed by atoms with Gasteiger partial charge in [0.1, 0.15) is 5.75 Å². The van der Waals surface area contributed by atoms with Crippen molar-refractivity contribution in [1.82, 2.24) is 0 Å². The molecule has 4 N–H and O–H groups in total. The maximum absolute atomic E-state index is 11.4. The average molecular weight is 207 g/mol. The number of hydrogen-bond donors (Lipinski definition) is 3. The molecule has 1 aliphatic heterocycles. The second kappa shape index (κ2) is 3.20. The van der Waals surface area contributed by atoms with Crippen molar-refractivity contribution >= 4 is 5.78 Å². The fourth-order valence-corrected chi connectivity index (χ4v) is 1.39. The van der Waals surface area contributed by atoms with Crippen LogP contribution in [0.15, 0.2) is 35.9 Å². The molecule has 2 rings (SSSR count). The molecule has 0 saturated carbocycles. The second-order valence-electron chi connectivity index (χ2n) is 3.17. The summed E-state index contributed by atoms with van der Waals surface area (Å²) >= 11 is 0. The van der Waals surface area contributed by atoms with Gasteiger partial charge < -0.3 is 20.7 Å². The van der Waals surface area contributed by atoms with Gasteiger partial charge in [0.25, 0.3) is 0 Å². The zero-order valence-electron chi connectivity index (χ0n) is 7.68. The molecule has 1 aromatic rings. The number of aliphatic hydroxyl groups is 1. The zero-order chi connectivity index (χ0) is 11.0. The fourth-order valence-electron chi connectivity index (χ4n) is 1.39. The van der Waals surface area contributed by atoms with E-state index in [2.05, 4.69) is 0 Å². The van der Waals surface area contributed by atoms with Crippen LogP contribution in [0.5, 0.6) is 5.75 Å². The Morgan fingerprint density at radius 2 is 2.07 bits per heavy atom. The lowest BCUT2D eigenvalue weighted by atomic mass is 10.1. The maximum atomic E-state index is 11.4. The summed E-state index contributed by atoms with van der Waals surface area (Å²) in [7, 11) is 0. The minimum atomic E-state index is -0.961. The molecule has 1 heterocycles. The van der Waals surface area contributed by atoms with Gasteiger partial charge in [-0.25, -0.2) is 0 Å². The molecule has 1 atom stereocenters. The Labute approximate surface area is 85.4 Å². The minimum Gasteiger partial charge on any atom is -0.508 e. The highest BCUT2D eigenvalue weighted by Crippen LogP contribution is 2.30. The lowest BCUT2D eigenvalue weighted by Gasteiger charge is -2.09. The second-order valence-corrected chi connectivity index (χ2v) is 3.17. The molecule has 0 unspecified atom stereocenters. The van der Waals surface area contributed by atoms with Crippen molar-refractivity contribution in [1.29, 1.82) is 0 Å². The highest BCUT2D eigenvalue weighted by molar-refractivity contribution is 5.99. The van der Waals surface area contributed by atoms with Crippen LogP contribution in [0.2, 0.25) is 0 Å². The quantitative estimate of drug-likeness (QED) is 0.630. The van der Waals surface area contributed by atoms with Crippen LogP contribution in [0.3, 0.4) is 0 Å². The first-order valence-electron chi connectivity index (χ1n) is 4.28. The molecule has 0 saturated heterocycles. The van der Waals surface area contributed by atoms with E-state index >= 15 is 0 Å². The first-order valence-corrected chi connectivity index (χ1v) is 4.28. The van der Waals surface area contributed by atoms with Crippen LogP contribution in [0, 0.1) is 0 Å². The number of carbonyl (C=O) groups excluding carboxylic acids is 1. The smallest absolute Gasteiger partial charge is 0.247 e. The molecular weight excluding hydrogens is 198 g/mol. The Hall–Kier alpha value is -2.17. The minimum absolute atomic E-state index is 0.0221. The molecule has 0 aliphatic carbocycles. The molecular formula is C10H9NO4. The van der Waals surface area contributed by atoms with Crippen molar-refractivity contribution < 1.29 is 19.7 Å². The van der Waals surface area contributed by atoms with E-state index in [1.807, 2.05) is 0 Å². The van der Waals surface area contributed by atoms with Crippen molar-refractivity contribution in [3.63, 3.8) is 0 Å². The molecule has 1 aliphatic rings. The van der Waals surface area contributed by atoms with Gasteiger partial charge in [0, 0.05) is 5.56 Å². The van der Waals surface area contributed by atoms with Gasteiger partial charge in [0.15, 0.2) is 6.10 Å². The highest BCUT2D eigenvalue weighted by Gasteiger charge is 2.35. The first kappa shape index (κ1) is 9.39. The van der Waals surface area contributed by atoms with Gasteiger partial charge >= 0.3 is 0 Å². The summed E-state index contributed by atoms with van der Waals surface area (Å²) in [5, 5.41) is 18.4. The zero-order valence-corrected chi connectivity index (χ0v) is 7.68. The number of nitrogens with two attached hydrogens (primary N) is 1. The molecule has 0 fully saturated rings. The number of aromatic hydroxyl groups is 1. The summed E-state index contributed by atoms with van der Waals surface area (Å²) < 4.78 is 4.97. The first-order chi connectivity index (χ1) is 7.09. The number of ketones is 1. The van der Waals surface area contributed by atoms with E-state index in [-0.39, 0.29) is 11.6 Å². The molecule has 5 nitrogen and oxygen atoms in total. The summed E-state index contributed by atoms with van der Waals surface area (Å²) in [4.78, 5) is 11.4. The van der Waals surface area contributed by atoms with Crippen LogP contribution in [-0.4, -0.2) is 16.0 Å². The van der Waals surface area contributed by atoms with Crippen LogP contribution < -0.4 is 5.73 Å². The number of benzene rings is 1. The van der Waals surface area contributed by atoms with E-state index in [0.29, 0.717) is 5.56 Å². The van der Waals surface area contributed by atoms with Crippen LogP contribution >= 0.6 is 0 Å². The Balaban J connectivity index is 2.33. The van der Waals surface area contributed by atoms with Crippen LogP contribution in [0.4, 0.5) is 0 Å². The lowest BCUT2D eigenvalue weighted by Crippen LogP contribution is -2.09. The predicted molar refractivity (Wildman–Crippen MR) is 50.8 cm³/mol. The molecule has 15 heavy (non-hydrogen) atoms. The van der Waals surface area contributed by atoms with Crippen LogP contribution in [-0.2, 0) is 9.53 Å². The van der Waals surface area contributed by atoms with E-state index in [1.54, 1.807) is 12.1 Å². The monoisotopic (exact) mass is 207 g/mol. The van der Waals surface area contributed by atoms with Crippen molar-refractivity contribution in [3.8, 4) is 5.75 Å². The normalized spacial score (nSPS) is 20.5. The van der Waals surface area contributed by atoms with E-state index in [1.165, 1.54) is 12.1 Å². The van der Waals surface area contributed by atoms with E-state index in [9.17, 15) is 15.0 Å². The molecule has 5 heteroatoms. The lowest BCUT2D eigenvalue weighted by molar-refractivity contribution is -0.123. The van der Waals surface area contributed by atoms with Gasteiger partial charge in [0.2, 0.25) is 17.4 Å². The third-order valence-corrected chi connectivity index (χ3v) is 2.12. The van der Waals surface area contributed by atoms with Gasteiger partial charge in [-0.15, -0.1) is 0 Å². The van der Waals surface area contributed by atoms with Gasteiger partial charge in [-0.1, -0.05) is 12.1 Å². The number of ether oxygens (including phenoxy) is 1. The molecule has 0 radical (unpaired) electrons. The number of aliphatic hydroxyl groups excluding tert-OH is 1. The molecule has 0 aromatic heterocycles. The van der Waals surface area contributed by atoms with Crippen molar-refractivity contribution in [2.24, 2.45) is 5.73 Å². The van der Waals surface area contributed by atoms with Crippen molar-refractivity contribution in [2.45, 2.75) is 6.10 Å². The van der Waals surface area contributed by atoms with E-state index < -0.39 is 17.6 Å². The molecule has 0 bridgehead atoms. The van der Waals surface area contributed by atoms with Crippen molar-refractivity contribution in [2.75, 3.05) is 0 Å². The Morgan fingerprint density at radius 3 is 2.60 bits per heavy atom. The number of Topliss-reactive ketones (excluding diaryl/α,β-unsaturated/α-hetero) is 1. The predicted octanol–water partition coefficient (Wildman–Crippen LogP) is 0.718. The molecule has 0 amide bonds. The van der Waals surface area contributed by atoms with E-state index in [4.69, 9.17) is 10.5 Å². The SMILES string of the molecule is NC1=C(O)C(=O)[C@@H](c2cccc(O)c2)O1. The molecule has 0 spiro atoms. The number of rotatable bonds is 1. The Kier molecular flexibility index (Phi) is 2.00. The van der Waals surface area contributed by atoms with Crippen molar-refractivity contribution in [3.05, 3.63) is 41.5 Å². The standard InChI is InChI=1S/C10H9NO4/c11-10-8(14)7(13)9(15-10)5-2-1-3-6(12)4-5/h1-4,9,12,14H,11H2/t9-/m1/s1. The van der Waals surface area contributed by atoms with Gasteiger partial charge in [-0.2, -0.15) is 0 Å². The van der Waals surface area contributed by atoms with Gasteiger partial charge in [-0.05, 0) is 12.1 Å². The number of phenols is 1. The van der Waals surface area contributed by atoms with Gasteiger partial charge in [-0.3, -0.25) is 4.79 Å². The van der Waals surface area contributed by atoms with E-state index in [0.717, 1.165) is 0 Å². The number of phenolic OH excluding ortho intramolecular Hbond substituents is 1. The number of carbonyl (C=O) groups is 1. The molecule has 78 valence electrons.